The largest absolute Gasteiger partial charge is 0.478 e. The molecule has 1 aromatic carbocycles. The number of anilines is 2. The van der Waals surface area contributed by atoms with Crippen LogP contribution in [0.1, 0.15) is 39.2 Å². The molecule has 8 nitrogen and oxygen atoms in total. The first-order valence-electron chi connectivity index (χ1n) is 10.1. The minimum absolute atomic E-state index is 0.0955. The number of pyridine rings is 1. The number of rotatable bonds is 6. The lowest BCUT2D eigenvalue weighted by Gasteiger charge is -2.21. The van der Waals surface area contributed by atoms with Crippen LogP contribution in [0.4, 0.5) is 24.8 Å². The van der Waals surface area contributed by atoms with E-state index in [4.69, 9.17) is 5.11 Å². The first-order valence-corrected chi connectivity index (χ1v) is 10.9. The van der Waals surface area contributed by atoms with E-state index >= 15 is 0 Å². The van der Waals surface area contributed by atoms with Crippen molar-refractivity contribution in [2.24, 2.45) is 0 Å². The van der Waals surface area contributed by atoms with Crippen molar-refractivity contribution in [1.29, 1.82) is 0 Å². The Balaban J connectivity index is 1.61. The van der Waals surface area contributed by atoms with Crippen LogP contribution in [-0.4, -0.2) is 36.1 Å². The monoisotopic (exact) mass is 501 g/mol. The molecule has 4 rings (SSSR count). The van der Waals surface area contributed by atoms with Crippen molar-refractivity contribution in [2.45, 2.75) is 25.6 Å². The lowest BCUT2D eigenvalue weighted by atomic mass is 9.96. The number of carbonyl (C=O) groups is 1. The first kappa shape index (κ1) is 24.2. The Morgan fingerprint density at radius 2 is 1.77 bits per heavy atom. The van der Waals surface area contributed by atoms with Crippen molar-refractivity contribution in [3.05, 3.63) is 82.4 Å². The Morgan fingerprint density at radius 3 is 2.43 bits per heavy atom. The first-order chi connectivity index (χ1) is 16.4. The maximum Gasteiger partial charge on any atom is 0.433 e. The maximum absolute atomic E-state index is 13.0. The lowest BCUT2D eigenvalue weighted by Crippen LogP contribution is -2.22. The van der Waals surface area contributed by atoms with Crippen LogP contribution in [-0.2, 0) is 11.8 Å². The molecule has 180 valence electrons. The SMILES string of the molecule is Cc1cc(Nc2nccc(C(F)(F)F)n2)cc(-c2cnc([C@](C)(O)c3ccc(C(=O)O)cc3)s2)n1. The summed E-state index contributed by atoms with van der Waals surface area (Å²) in [6.45, 7) is 3.27. The number of aliphatic hydroxyl groups is 1. The highest BCUT2D eigenvalue weighted by atomic mass is 32.1. The molecule has 0 aliphatic heterocycles. The summed E-state index contributed by atoms with van der Waals surface area (Å²) in [4.78, 5) is 27.8. The van der Waals surface area contributed by atoms with Gasteiger partial charge < -0.3 is 15.5 Å². The third-order valence-corrected chi connectivity index (χ3v) is 6.25. The number of carboxylic acid groups (broad SMARTS) is 1. The molecule has 3 N–H and O–H groups in total. The van der Waals surface area contributed by atoms with Crippen LogP contribution in [0.15, 0.2) is 54.9 Å². The minimum Gasteiger partial charge on any atom is -0.478 e. The Labute approximate surface area is 201 Å². The van der Waals surface area contributed by atoms with E-state index in [1.807, 2.05) is 0 Å². The summed E-state index contributed by atoms with van der Waals surface area (Å²) in [6.07, 6.45) is -2.04. The highest BCUT2D eigenvalue weighted by Gasteiger charge is 2.33. The van der Waals surface area contributed by atoms with Crippen LogP contribution < -0.4 is 5.32 Å². The number of nitrogens with one attached hydrogen (secondary N) is 1. The minimum atomic E-state index is -4.59. The van der Waals surface area contributed by atoms with Gasteiger partial charge in [0, 0.05) is 23.8 Å². The fourth-order valence-corrected chi connectivity index (χ4v) is 4.20. The van der Waals surface area contributed by atoms with E-state index in [9.17, 15) is 23.1 Å². The number of hydrogen-bond donors (Lipinski definition) is 3. The molecule has 0 aliphatic rings. The number of aromatic carboxylic acids is 1. The number of aryl methyl sites for hydroxylation is 1. The van der Waals surface area contributed by atoms with Crippen molar-refractivity contribution in [3.63, 3.8) is 0 Å². The summed E-state index contributed by atoms with van der Waals surface area (Å²) in [5.74, 6) is -1.28. The fourth-order valence-electron chi connectivity index (χ4n) is 3.25. The van der Waals surface area contributed by atoms with Gasteiger partial charge in [-0.3, -0.25) is 4.98 Å². The Bertz CT molecular complexity index is 1390. The topological polar surface area (TPSA) is 121 Å². The second kappa shape index (κ2) is 9.04. The molecule has 3 aromatic heterocycles. The molecule has 0 unspecified atom stereocenters. The molecule has 3 heterocycles. The van der Waals surface area contributed by atoms with Crippen LogP contribution in [0.3, 0.4) is 0 Å². The quantitative estimate of drug-likeness (QED) is 0.337. The molecule has 4 aromatic rings. The third kappa shape index (κ3) is 5.28. The van der Waals surface area contributed by atoms with E-state index in [1.54, 1.807) is 26.0 Å². The standard InChI is InChI=1S/C23H18F3N5O3S/c1-12-9-15(30-21-27-8-7-18(31-21)23(24,25)26)10-16(29-12)17-11-28-20(35-17)22(2,34)14-5-3-13(4-6-14)19(32)33/h3-11,34H,1-2H3,(H,32,33)(H,27,29,30,31)/t22-/m1/s1. The van der Waals surface area contributed by atoms with Gasteiger partial charge in [-0.25, -0.2) is 19.7 Å². The molecule has 0 aliphatic carbocycles. The third-order valence-electron chi connectivity index (χ3n) is 5.02. The van der Waals surface area contributed by atoms with E-state index in [1.165, 1.54) is 41.8 Å². The van der Waals surface area contributed by atoms with Crippen molar-refractivity contribution >= 4 is 28.9 Å². The Hall–Kier alpha value is -3.90. The molecular weight excluding hydrogens is 483 g/mol. The number of alkyl halides is 3. The summed E-state index contributed by atoms with van der Waals surface area (Å²) in [7, 11) is 0. The van der Waals surface area contributed by atoms with Crippen LogP contribution >= 0.6 is 11.3 Å². The van der Waals surface area contributed by atoms with Crippen molar-refractivity contribution in [1.82, 2.24) is 19.9 Å². The van der Waals surface area contributed by atoms with Gasteiger partial charge >= 0.3 is 12.1 Å². The summed E-state index contributed by atoms with van der Waals surface area (Å²) in [5.41, 5.74) is -0.494. The zero-order valence-corrected chi connectivity index (χ0v) is 19.1. The Morgan fingerprint density at radius 1 is 1.06 bits per heavy atom. The molecule has 0 spiro atoms. The molecule has 0 fully saturated rings. The van der Waals surface area contributed by atoms with Gasteiger partial charge in [-0.15, -0.1) is 11.3 Å². The number of hydrogen-bond acceptors (Lipinski definition) is 8. The molecule has 35 heavy (non-hydrogen) atoms. The van der Waals surface area contributed by atoms with Crippen LogP contribution in [0.5, 0.6) is 0 Å². The van der Waals surface area contributed by atoms with Gasteiger partial charge in [-0.1, -0.05) is 12.1 Å². The van der Waals surface area contributed by atoms with Crippen LogP contribution in [0, 0.1) is 6.92 Å². The van der Waals surface area contributed by atoms with Gasteiger partial charge in [0.25, 0.3) is 0 Å². The van der Waals surface area contributed by atoms with Crippen LogP contribution in [0.25, 0.3) is 10.6 Å². The fraction of sp³-hybridized carbons (Fsp3) is 0.174. The highest BCUT2D eigenvalue weighted by molar-refractivity contribution is 7.15. The van der Waals surface area contributed by atoms with Gasteiger partial charge in [0.15, 0.2) is 0 Å². The Kier molecular flexibility index (Phi) is 6.26. The average molecular weight is 501 g/mol. The smallest absolute Gasteiger partial charge is 0.433 e. The average Bonchev–Trinajstić information content (AvgIpc) is 3.30. The van der Waals surface area contributed by atoms with E-state index in [0.717, 1.165) is 12.3 Å². The van der Waals surface area contributed by atoms with E-state index in [-0.39, 0.29) is 11.5 Å². The number of carboxylic acids is 1. The van der Waals surface area contributed by atoms with Gasteiger partial charge in [-0.05, 0) is 49.7 Å². The lowest BCUT2D eigenvalue weighted by molar-refractivity contribution is -0.141. The highest BCUT2D eigenvalue weighted by Crippen LogP contribution is 2.36. The maximum atomic E-state index is 13.0. The number of benzene rings is 1. The predicted octanol–water partition coefficient (Wildman–Crippen LogP) is 5.02. The predicted molar refractivity (Wildman–Crippen MR) is 122 cm³/mol. The van der Waals surface area contributed by atoms with E-state index < -0.39 is 23.4 Å². The summed E-state index contributed by atoms with van der Waals surface area (Å²) in [6, 6.07) is 9.88. The molecule has 0 radical (unpaired) electrons. The number of aromatic nitrogens is 4. The van der Waals surface area contributed by atoms with Gasteiger partial charge in [0.1, 0.15) is 16.3 Å². The molecular formula is C23H18F3N5O3S. The molecule has 0 saturated heterocycles. The molecule has 0 saturated carbocycles. The van der Waals surface area contributed by atoms with Crippen molar-refractivity contribution in [2.75, 3.05) is 5.32 Å². The van der Waals surface area contributed by atoms with Gasteiger partial charge in [0.05, 0.1) is 16.1 Å². The zero-order chi connectivity index (χ0) is 25.4. The second-order valence-electron chi connectivity index (χ2n) is 7.76. The normalized spacial score (nSPS) is 13.3. The number of thiazole rings is 1. The molecule has 0 amide bonds. The second-order valence-corrected chi connectivity index (χ2v) is 8.79. The molecule has 1 atom stereocenters. The summed E-state index contributed by atoms with van der Waals surface area (Å²) in [5, 5.41) is 23.3. The van der Waals surface area contributed by atoms with Gasteiger partial charge in [-0.2, -0.15) is 13.2 Å². The van der Waals surface area contributed by atoms with Crippen molar-refractivity contribution < 1.29 is 28.2 Å². The van der Waals surface area contributed by atoms with Gasteiger partial charge in [0.2, 0.25) is 5.95 Å². The summed E-state index contributed by atoms with van der Waals surface area (Å²) >= 11 is 1.18. The van der Waals surface area contributed by atoms with Crippen LogP contribution in [0.2, 0.25) is 0 Å². The van der Waals surface area contributed by atoms with E-state index in [0.29, 0.717) is 32.5 Å². The van der Waals surface area contributed by atoms with E-state index in [2.05, 4.69) is 25.3 Å². The number of nitrogens with zero attached hydrogens (tertiary/aromatic N) is 4. The molecule has 12 heteroatoms. The molecule has 0 bridgehead atoms. The summed E-state index contributed by atoms with van der Waals surface area (Å²) < 4.78 is 38.9. The van der Waals surface area contributed by atoms with Crippen molar-refractivity contribution in [3.8, 4) is 10.6 Å². The zero-order valence-electron chi connectivity index (χ0n) is 18.3. The number of halogens is 3.